The Morgan fingerprint density at radius 3 is 2.69 bits per heavy atom. The lowest BCUT2D eigenvalue weighted by molar-refractivity contribution is -0.121. The molecule has 0 saturated carbocycles. The van der Waals surface area contributed by atoms with Gasteiger partial charge in [0.1, 0.15) is 0 Å². The number of rotatable bonds is 10. The zero-order valence-corrected chi connectivity index (χ0v) is 10.5. The van der Waals surface area contributed by atoms with Gasteiger partial charge in [-0.05, 0) is 33.5 Å². The van der Waals surface area contributed by atoms with Crippen LogP contribution in [0, 0.1) is 0 Å². The van der Waals surface area contributed by atoms with E-state index in [0.717, 1.165) is 19.4 Å². The Kier molecular flexibility index (Phi) is 10.4. The standard InChI is InChI=1S/C11H25N3O2/c1-14(2)8-10-16-9-7-13-11(15)5-3-4-6-12/h3-10,12H2,1-2H3,(H,13,15). The van der Waals surface area contributed by atoms with Gasteiger partial charge in [-0.25, -0.2) is 0 Å². The second kappa shape index (κ2) is 10.9. The van der Waals surface area contributed by atoms with Crippen molar-refractivity contribution in [3.05, 3.63) is 0 Å². The summed E-state index contributed by atoms with van der Waals surface area (Å²) in [5, 5.41) is 2.81. The Bertz CT molecular complexity index is 175. The van der Waals surface area contributed by atoms with E-state index >= 15 is 0 Å². The third-order valence-electron chi connectivity index (χ3n) is 2.11. The van der Waals surface area contributed by atoms with Crippen LogP contribution < -0.4 is 11.1 Å². The number of amides is 1. The number of hydrogen-bond acceptors (Lipinski definition) is 4. The van der Waals surface area contributed by atoms with Gasteiger partial charge >= 0.3 is 0 Å². The Morgan fingerprint density at radius 1 is 1.31 bits per heavy atom. The zero-order chi connectivity index (χ0) is 12.2. The normalized spacial score (nSPS) is 10.8. The molecule has 0 radical (unpaired) electrons. The van der Waals surface area contributed by atoms with E-state index in [-0.39, 0.29) is 5.91 Å². The van der Waals surface area contributed by atoms with E-state index in [1.165, 1.54) is 0 Å². The molecule has 0 saturated heterocycles. The number of nitrogens with two attached hydrogens (primary N) is 1. The number of unbranched alkanes of at least 4 members (excludes halogenated alkanes) is 1. The van der Waals surface area contributed by atoms with Crippen molar-refractivity contribution in [1.82, 2.24) is 10.2 Å². The van der Waals surface area contributed by atoms with Gasteiger partial charge in [-0.15, -0.1) is 0 Å². The fourth-order valence-electron chi connectivity index (χ4n) is 1.13. The Morgan fingerprint density at radius 2 is 2.06 bits per heavy atom. The van der Waals surface area contributed by atoms with Crippen LogP contribution >= 0.6 is 0 Å². The average molecular weight is 231 g/mol. The summed E-state index contributed by atoms with van der Waals surface area (Å²) >= 11 is 0. The van der Waals surface area contributed by atoms with Gasteiger partial charge in [0, 0.05) is 19.5 Å². The highest BCUT2D eigenvalue weighted by molar-refractivity contribution is 5.75. The summed E-state index contributed by atoms with van der Waals surface area (Å²) in [6.45, 7) is 3.44. The lowest BCUT2D eigenvalue weighted by Gasteiger charge is -2.10. The molecule has 5 heteroatoms. The molecular weight excluding hydrogens is 206 g/mol. The van der Waals surface area contributed by atoms with E-state index in [0.29, 0.717) is 32.7 Å². The van der Waals surface area contributed by atoms with Gasteiger partial charge in [0.05, 0.1) is 13.2 Å². The summed E-state index contributed by atoms with van der Waals surface area (Å²) in [6.07, 6.45) is 2.34. The fourth-order valence-corrected chi connectivity index (χ4v) is 1.13. The van der Waals surface area contributed by atoms with Gasteiger partial charge in [-0.3, -0.25) is 4.79 Å². The summed E-state index contributed by atoms with van der Waals surface area (Å²) in [4.78, 5) is 13.3. The van der Waals surface area contributed by atoms with Crippen molar-refractivity contribution in [2.75, 3.05) is 46.9 Å². The molecule has 0 aromatic rings. The molecule has 0 heterocycles. The first kappa shape index (κ1) is 15.3. The predicted molar refractivity (Wildman–Crippen MR) is 65.3 cm³/mol. The SMILES string of the molecule is CN(C)CCOCCNC(=O)CCCCN. The third kappa shape index (κ3) is 11.4. The zero-order valence-electron chi connectivity index (χ0n) is 10.5. The summed E-state index contributed by atoms with van der Waals surface area (Å²) in [5.74, 6) is 0.0876. The highest BCUT2D eigenvalue weighted by Crippen LogP contribution is 1.92. The lowest BCUT2D eigenvalue weighted by Crippen LogP contribution is -2.28. The van der Waals surface area contributed by atoms with E-state index in [1.807, 2.05) is 14.1 Å². The van der Waals surface area contributed by atoms with Gasteiger partial charge in [-0.2, -0.15) is 0 Å². The molecule has 0 fully saturated rings. The predicted octanol–water partition coefficient (Wildman–Crippen LogP) is -0.190. The first-order valence-electron chi connectivity index (χ1n) is 5.86. The molecule has 0 aliphatic carbocycles. The first-order chi connectivity index (χ1) is 7.66. The maximum atomic E-state index is 11.2. The molecule has 0 aliphatic heterocycles. The van der Waals surface area contributed by atoms with Crippen LogP contribution in [0.25, 0.3) is 0 Å². The van der Waals surface area contributed by atoms with Crippen LogP contribution in [0.2, 0.25) is 0 Å². The number of carbonyl (C=O) groups excluding carboxylic acids is 1. The highest BCUT2D eigenvalue weighted by atomic mass is 16.5. The molecule has 1 amide bonds. The van der Waals surface area contributed by atoms with E-state index in [2.05, 4.69) is 10.2 Å². The van der Waals surface area contributed by atoms with Crippen molar-refractivity contribution in [1.29, 1.82) is 0 Å². The lowest BCUT2D eigenvalue weighted by atomic mass is 10.2. The summed E-state index contributed by atoms with van der Waals surface area (Å²) in [6, 6.07) is 0. The van der Waals surface area contributed by atoms with Crippen molar-refractivity contribution >= 4 is 5.91 Å². The molecule has 0 aromatic carbocycles. The topological polar surface area (TPSA) is 67.6 Å². The van der Waals surface area contributed by atoms with Crippen LogP contribution in [0.1, 0.15) is 19.3 Å². The molecule has 0 unspecified atom stereocenters. The summed E-state index contributed by atoms with van der Waals surface area (Å²) in [5.41, 5.74) is 5.34. The molecule has 0 aliphatic rings. The molecule has 0 spiro atoms. The number of hydrogen-bond donors (Lipinski definition) is 2. The smallest absolute Gasteiger partial charge is 0.220 e. The minimum absolute atomic E-state index is 0.0876. The molecule has 5 nitrogen and oxygen atoms in total. The average Bonchev–Trinajstić information content (AvgIpc) is 2.23. The maximum absolute atomic E-state index is 11.2. The number of nitrogens with one attached hydrogen (secondary N) is 1. The Balaban J connectivity index is 3.15. The van der Waals surface area contributed by atoms with E-state index in [1.54, 1.807) is 0 Å². The van der Waals surface area contributed by atoms with Crippen LogP contribution in [0.3, 0.4) is 0 Å². The number of carbonyl (C=O) groups is 1. The van der Waals surface area contributed by atoms with E-state index in [4.69, 9.17) is 10.5 Å². The quantitative estimate of drug-likeness (QED) is 0.511. The van der Waals surface area contributed by atoms with Crippen LogP contribution in [0.15, 0.2) is 0 Å². The van der Waals surface area contributed by atoms with Crippen molar-refractivity contribution in [2.24, 2.45) is 5.73 Å². The number of likely N-dealkylation sites (N-methyl/N-ethyl adjacent to an activating group) is 1. The van der Waals surface area contributed by atoms with Gasteiger partial charge in [-0.1, -0.05) is 0 Å². The van der Waals surface area contributed by atoms with Crippen LogP contribution in [-0.2, 0) is 9.53 Å². The first-order valence-corrected chi connectivity index (χ1v) is 5.86. The van der Waals surface area contributed by atoms with Gasteiger partial charge in [0.15, 0.2) is 0 Å². The van der Waals surface area contributed by atoms with Crippen molar-refractivity contribution in [3.63, 3.8) is 0 Å². The molecule has 0 rings (SSSR count). The van der Waals surface area contributed by atoms with E-state index in [9.17, 15) is 4.79 Å². The fraction of sp³-hybridized carbons (Fsp3) is 0.909. The number of nitrogens with zero attached hydrogens (tertiary/aromatic N) is 1. The maximum Gasteiger partial charge on any atom is 0.220 e. The third-order valence-corrected chi connectivity index (χ3v) is 2.11. The Labute approximate surface area is 98.3 Å². The summed E-state index contributed by atoms with van der Waals surface area (Å²) < 4.78 is 5.34. The molecule has 0 bridgehead atoms. The van der Waals surface area contributed by atoms with Gasteiger partial charge < -0.3 is 20.7 Å². The minimum Gasteiger partial charge on any atom is -0.378 e. The van der Waals surface area contributed by atoms with Crippen LogP contribution in [-0.4, -0.2) is 57.8 Å². The van der Waals surface area contributed by atoms with Crippen LogP contribution in [0.4, 0.5) is 0 Å². The Hall–Kier alpha value is -0.650. The van der Waals surface area contributed by atoms with Crippen LogP contribution in [0.5, 0.6) is 0 Å². The van der Waals surface area contributed by atoms with Crippen molar-refractivity contribution in [3.8, 4) is 0 Å². The molecule has 16 heavy (non-hydrogen) atoms. The second-order valence-electron chi connectivity index (χ2n) is 4.01. The highest BCUT2D eigenvalue weighted by Gasteiger charge is 1.99. The van der Waals surface area contributed by atoms with Crippen molar-refractivity contribution < 1.29 is 9.53 Å². The van der Waals surface area contributed by atoms with Gasteiger partial charge in [0.25, 0.3) is 0 Å². The van der Waals surface area contributed by atoms with Crippen molar-refractivity contribution in [2.45, 2.75) is 19.3 Å². The molecule has 3 N–H and O–H groups in total. The second-order valence-corrected chi connectivity index (χ2v) is 4.01. The molecule has 0 aromatic heterocycles. The molecular formula is C11H25N3O2. The minimum atomic E-state index is 0.0876. The van der Waals surface area contributed by atoms with Gasteiger partial charge in [0.2, 0.25) is 5.91 Å². The largest absolute Gasteiger partial charge is 0.378 e. The monoisotopic (exact) mass is 231 g/mol. The number of ether oxygens (including phenoxy) is 1. The molecule has 0 atom stereocenters. The molecule has 96 valence electrons. The van der Waals surface area contributed by atoms with E-state index < -0.39 is 0 Å². The summed E-state index contributed by atoms with van der Waals surface area (Å²) in [7, 11) is 4.01.